The first kappa shape index (κ1) is 45.2. The summed E-state index contributed by atoms with van der Waals surface area (Å²) in [5.74, 6) is 0.650. The number of piperidine rings is 1. The maximum atomic E-state index is 14.2. The zero-order valence-corrected chi connectivity index (χ0v) is 38.7. The number of likely N-dealkylation sites (tertiary alicyclic amines) is 2. The number of methoxy groups -OCH3 is 3. The lowest BCUT2D eigenvalue weighted by molar-refractivity contribution is -0.139. The van der Waals surface area contributed by atoms with Crippen molar-refractivity contribution < 1.29 is 33.4 Å². The molecule has 1 aliphatic carbocycles. The number of nitrogens with one attached hydrogen (secondary N) is 4. The molecule has 9 rings (SSSR count). The summed E-state index contributed by atoms with van der Waals surface area (Å²) in [6.07, 6.45) is 3.54. The molecule has 15 heteroatoms. The smallest absolute Gasteiger partial charge is 0.407 e. The van der Waals surface area contributed by atoms with Crippen molar-refractivity contribution in [1.82, 2.24) is 30.4 Å². The van der Waals surface area contributed by atoms with Crippen LogP contribution in [0.15, 0.2) is 96.0 Å². The van der Waals surface area contributed by atoms with E-state index in [1.165, 1.54) is 14.2 Å². The van der Waals surface area contributed by atoms with Crippen molar-refractivity contribution >= 4 is 68.5 Å². The predicted molar refractivity (Wildman–Crippen MR) is 259 cm³/mol. The maximum Gasteiger partial charge on any atom is 0.407 e. The Kier molecular flexibility index (Phi) is 12.9. The Hall–Kier alpha value is -7.00. The van der Waals surface area contributed by atoms with Gasteiger partial charge in [0.1, 0.15) is 24.1 Å². The van der Waals surface area contributed by atoms with Crippen molar-refractivity contribution in [1.29, 1.82) is 0 Å². The first-order valence-electron chi connectivity index (χ1n) is 23.1. The first-order chi connectivity index (χ1) is 32.5. The standard InChI is InChI=1S/C52H58N8O7/c1-29(2)43(57-51(63)66-5)50(62)60-38-18-14-36(25-38)47(60)48-55-41-21-17-35-24-33(16-20-40(35)46(41)56-48)32-15-19-39-34(23-32)12-13-37(44(39)53-3)26-54-42-22-30(28-65-4)27-59(42)49(61)45(58-52(64)67-6)31-10-8-7-9-11-31/h7-13,15-17,19-21,23-24,26,29-30,36,38,42-43,45,47,53H,14,18,22,25,27-28H2,1-6H3,(H,55,56)(H,57,63)(H,58,64)/t30-,36+,38-,42-,43-,45+,47-/m0/s1. The molecule has 4 N–H and O–H groups in total. The largest absolute Gasteiger partial charge is 0.453 e. The predicted octanol–water partition coefficient (Wildman–Crippen LogP) is 8.35. The van der Waals surface area contributed by atoms with Gasteiger partial charge in [0.05, 0.1) is 43.6 Å². The van der Waals surface area contributed by atoms with Gasteiger partial charge >= 0.3 is 12.2 Å². The SMILES string of the molecule is CNc1c(C=N[C@@H]2C[C@H](COC)CN2C(=O)[C@H](NC(=O)OC)c2ccccc2)ccc2cc(-c3ccc4c(ccc5[nH]c([C@@H]6[C@@H]7CC[C@@H](C7)N6C(=O)[C@@H](NC(=O)OC)C(C)C)nc54)c3)ccc12. The third kappa shape index (κ3) is 8.75. The Morgan fingerprint density at radius 2 is 1.54 bits per heavy atom. The Morgan fingerprint density at radius 1 is 0.836 bits per heavy atom. The van der Waals surface area contributed by atoms with Crippen LogP contribution < -0.4 is 16.0 Å². The lowest BCUT2D eigenvalue weighted by Gasteiger charge is -2.37. The number of alkyl carbamates (subject to hydrolysis) is 2. The Labute approximate surface area is 389 Å². The molecule has 6 aromatic rings. The second-order valence-corrected chi connectivity index (χ2v) is 18.3. The van der Waals surface area contributed by atoms with Crippen molar-refractivity contribution in [2.24, 2.45) is 22.7 Å². The molecule has 1 aromatic heterocycles. The molecule has 67 heavy (non-hydrogen) atoms. The van der Waals surface area contributed by atoms with Crippen molar-refractivity contribution in [3.63, 3.8) is 0 Å². The average Bonchev–Trinajstić information content (AvgIpc) is 4.17. The van der Waals surface area contributed by atoms with Gasteiger partial charge < -0.3 is 44.9 Å². The molecule has 0 radical (unpaired) electrons. The zero-order chi connectivity index (χ0) is 46.9. The van der Waals surface area contributed by atoms with Crippen LogP contribution in [0.2, 0.25) is 0 Å². The fourth-order valence-corrected chi connectivity index (χ4v) is 10.6. The summed E-state index contributed by atoms with van der Waals surface area (Å²) in [6, 6.07) is 28.6. The third-order valence-electron chi connectivity index (χ3n) is 13.9. The summed E-state index contributed by atoms with van der Waals surface area (Å²) in [7, 11) is 6.13. The molecule has 3 heterocycles. The monoisotopic (exact) mass is 906 g/mol. The highest BCUT2D eigenvalue weighted by Crippen LogP contribution is 2.50. The number of aromatic amines is 1. The number of imidazole rings is 1. The molecular weight excluding hydrogens is 849 g/mol. The van der Waals surface area contributed by atoms with Crippen molar-refractivity contribution in [2.75, 3.05) is 46.8 Å². The summed E-state index contributed by atoms with van der Waals surface area (Å²) in [5.41, 5.74) is 6.35. The first-order valence-corrected chi connectivity index (χ1v) is 23.1. The number of benzene rings is 5. The van der Waals surface area contributed by atoms with Crippen LogP contribution in [0.3, 0.4) is 0 Å². The summed E-state index contributed by atoms with van der Waals surface area (Å²) in [5, 5.41) is 13.1. The molecule has 4 amide bonds. The minimum Gasteiger partial charge on any atom is -0.453 e. The number of fused-ring (bicyclic) bond motifs is 6. The third-order valence-corrected chi connectivity index (χ3v) is 13.9. The summed E-state index contributed by atoms with van der Waals surface area (Å²) in [6.45, 7) is 4.77. The van der Waals surface area contributed by atoms with Crippen LogP contribution in [0.1, 0.15) is 68.6 Å². The van der Waals surface area contributed by atoms with Crippen molar-refractivity contribution in [3.05, 3.63) is 108 Å². The number of aliphatic imine (C=N–C) groups is 1. The quantitative estimate of drug-likeness (QED) is 0.0829. The molecule has 2 aliphatic heterocycles. The summed E-state index contributed by atoms with van der Waals surface area (Å²) >= 11 is 0. The minimum absolute atomic E-state index is 0.0689. The fraction of sp³-hybridized carbons (Fsp3) is 0.385. The van der Waals surface area contributed by atoms with E-state index in [0.717, 1.165) is 80.0 Å². The van der Waals surface area contributed by atoms with Gasteiger partial charge in [0, 0.05) is 55.2 Å². The highest BCUT2D eigenvalue weighted by Gasteiger charge is 2.51. The number of hydrogen-bond donors (Lipinski definition) is 4. The van der Waals surface area contributed by atoms with E-state index in [2.05, 4.69) is 75.5 Å². The van der Waals surface area contributed by atoms with E-state index in [1.807, 2.05) is 68.4 Å². The van der Waals surface area contributed by atoms with E-state index in [1.54, 1.807) is 12.0 Å². The number of H-pyrrole nitrogens is 1. The molecule has 7 atom stereocenters. The van der Waals surface area contributed by atoms with Gasteiger partial charge in [-0.2, -0.15) is 0 Å². The molecule has 0 spiro atoms. The Morgan fingerprint density at radius 3 is 2.24 bits per heavy atom. The van der Waals surface area contributed by atoms with Gasteiger partial charge in [-0.1, -0.05) is 86.6 Å². The van der Waals surface area contributed by atoms with Gasteiger partial charge in [0.2, 0.25) is 5.91 Å². The van der Waals surface area contributed by atoms with Crippen LogP contribution in [-0.4, -0.2) is 110 Å². The van der Waals surface area contributed by atoms with E-state index < -0.39 is 30.4 Å². The summed E-state index contributed by atoms with van der Waals surface area (Å²) < 4.78 is 15.2. The van der Waals surface area contributed by atoms with Crippen molar-refractivity contribution in [2.45, 2.75) is 69.9 Å². The highest BCUT2D eigenvalue weighted by atomic mass is 16.5. The van der Waals surface area contributed by atoms with Crippen LogP contribution in [0.25, 0.3) is 43.7 Å². The number of aromatic nitrogens is 2. The lowest BCUT2D eigenvalue weighted by atomic mass is 9.95. The van der Waals surface area contributed by atoms with Crippen LogP contribution in [-0.2, 0) is 23.8 Å². The zero-order valence-electron chi connectivity index (χ0n) is 38.7. The van der Waals surface area contributed by atoms with Crippen LogP contribution in [0.5, 0.6) is 0 Å². The van der Waals surface area contributed by atoms with Gasteiger partial charge in [0.25, 0.3) is 5.91 Å². The van der Waals surface area contributed by atoms with E-state index in [-0.39, 0.29) is 41.7 Å². The number of amides is 4. The number of anilines is 1. The average molecular weight is 907 g/mol. The summed E-state index contributed by atoms with van der Waals surface area (Å²) in [4.78, 5) is 70.5. The van der Waals surface area contributed by atoms with E-state index in [4.69, 9.17) is 24.2 Å². The van der Waals surface area contributed by atoms with Crippen LogP contribution >= 0.6 is 0 Å². The van der Waals surface area contributed by atoms with Crippen molar-refractivity contribution in [3.8, 4) is 11.1 Å². The van der Waals surface area contributed by atoms with Crippen LogP contribution in [0.4, 0.5) is 15.3 Å². The molecule has 15 nitrogen and oxygen atoms in total. The molecule has 5 aromatic carbocycles. The second-order valence-electron chi connectivity index (χ2n) is 18.3. The molecule has 3 fully saturated rings. The number of nitrogens with zero attached hydrogens (tertiary/aromatic N) is 4. The molecule has 1 saturated carbocycles. The molecule has 2 bridgehead atoms. The molecule has 3 aliphatic rings. The molecular formula is C52H58N8O7. The van der Waals surface area contributed by atoms with Gasteiger partial charge in [0.15, 0.2) is 0 Å². The highest BCUT2D eigenvalue weighted by molar-refractivity contribution is 6.07. The molecule has 0 unspecified atom stereocenters. The van der Waals surface area contributed by atoms with E-state index >= 15 is 0 Å². The van der Waals surface area contributed by atoms with Gasteiger partial charge in [-0.15, -0.1) is 0 Å². The topological polar surface area (TPSA) is 180 Å². The number of ether oxygens (including phenoxy) is 3. The van der Waals surface area contributed by atoms with Gasteiger partial charge in [-0.25, -0.2) is 14.6 Å². The van der Waals surface area contributed by atoms with E-state index in [9.17, 15) is 19.2 Å². The number of carbonyl (C=O) groups is 4. The number of rotatable bonds is 13. The normalized spacial score (nSPS) is 21.1. The Bertz CT molecular complexity index is 2860. The number of carbonyl (C=O) groups excluding carboxylic acids is 4. The maximum absolute atomic E-state index is 14.2. The van der Waals surface area contributed by atoms with Gasteiger partial charge in [-0.3, -0.25) is 14.6 Å². The fourth-order valence-electron chi connectivity index (χ4n) is 10.6. The molecule has 348 valence electrons. The van der Waals surface area contributed by atoms with Crippen LogP contribution in [0, 0.1) is 17.8 Å². The molecule has 2 saturated heterocycles. The Balaban J connectivity index is 0.969. The minimum atomic E-state index is -0.943. The second kappa shape index (κ2) is 19.1. The number of hydrogen-bond acceptors (Lipinski definition) is 10. The lowest BCUT2D eigenvalue weighted by Crippen LogP contribution is -2.54. The van der Waals surface area contributed by atoms with Gasteiger partial charge in [-0.05, 0) is 83.2 Å². The van der Waals surface area contributed by atoms with E-state index in [0.29, 0.717) is 25.1 Å².